The second-order valence-electron chi connectivity index (χ2n) is 4.76. The van der Waals surface area contributed by atoms with E-state index in [0.29, 0.717) is 5.56 Å². The van der Waals surface area contributed by atoms with Crippen LogP contribution in [0.25, 0.3) is 0 Å². The lowest BCUT2D eigenvalue weighted by Crippen LogP contribution is -2.23. The Morgan fingerprint density at radius 2 is 1.90 bits per heavy atom. The zero-order chi connectivity index (χ0) is 14.5. The van der Waals surface area contributed by atoms with Gasteiger partial charge in [0.1, 0.15) is 5.82 Å². The zero-order valence-corrected chi connectivity index (χ0v) is 12.9. The van der Waals surface area contributed by atoms with Gasteiger partial charge in [0.05, 0.1) is 6.04 Å². The number of nitrogens with one attached hydrogen (secondary N) is 1. The third-order valence-corrected chi connectivity index (χ3v) is 4.13. The summed E-state index contributed by atoms with van der Waals surface area (Å²) in [6.45, 7) is 4.83. The summed E-state index contributed by atoms with van der Waals surface area (Å²) in [4.78, 5) is 1.18. The highest BCUT2D eigenvalue weighted by molar-refractivity contribution is 7.98. The average Bonchev–Trinajstić information content (AvgIpc) is 2.47. The van der Waals surface area contributed by atoms with Crippen LogP contribution >= 0.6 is 11.8 Å². The maximum atomic E-state index is 14.2. The minimum absolute atomic E-state index is 0.108. The fraction of sp³-hybridized carbons (Fsp3) is 0.294. The first-order valence-corrected chi connectivity index (χ1v) is 8.02. The molecular formula is C17H20FNS. The van der Waals surface area contributed by atoms with Crippen LogP contribution in [0, 0.1) is 12.7 Å². The molecule has 0 aliphatic rings. The molecule has 0 radical (unpaired) electrons. The van der Waals surface area contributed by atoms with Crippen molar-refractivity contribution in [1.29, 1.82) is 0 Å². The third-order valence-electron chi connectivity index (χ3n) is 3.32. The highest BCUT2D eigenvalue weighted by Gasteiger charge is 2.19. The summed E-state index contributed by atoms with van der Waals surface area (Å²) >= 11 is 1.69. The Morgan fingerprint density at radius 1 is 1.15 bits per heavy atom. The molecule has 20 heavy (non-hydrogen) atoms. The predicted molar refractivity (Wildman–Crippen MR) is 84.9 cm³/mol. The van der Waals surface area contributed by atoms with Crippen LogP contribution < -0.4 is 5.32 Å². The normalized spacial score (nSPS) is 12.4. The lowest BCUT2D eigenvalue weighted by atomic mass is 9.96. The predicted octanol–water partition coefficient (Wildman–Crippen LogP) is 4.55. The quantitative estimate of drug-likeness (QED) is 0.810. The molecule has 0 saturated heterocycles. The maximum absolute atomic E-state index is 14.2. The van der Waals surface area contributed by atoms with Crippen LogP contribution in [0.3, 0.4) is 0 Å². The smallest absolute Gasteiger partial charge is 0.128 e. The van der Waals surface area contributed by atoms with Gasteiger partial charge >= 0.3 is 0 Å². The second kappa shape index (κ2) is 6.91. The maximum Gasteiger partial charge on any atom is 0.128 e. The topological polar surface area (TPSA) is 12.0 Å². The van der Waals surface area contributed by atoms with Crippen LogP contribution in [0.4, 0.5) is 4.39 Å². The minimum Gasteiger partial charge on any atom is -0.306 e. The molecule has 0 saturated carbocycles. The molecule has 1 nitrogen and oxygen atoms in total. The summed E-state index contributed by atoms with van der Waals surface area (Å²) in [7, 11) is 0. The lowest BCUT2D eigenvalue weighted by molar-refractivity contribution is 0.554. The van der Waals surface area contributed by atoms with Crippen molar-refractivity contribution < 1.29 is 4.39 Å². The molecule has 0 bridgehead atoms. The van der Waals surface area contributed by atoms with Gasteiger partial charge in [0, 0.05) is 10.5 Å². The van der Waals surface area contributed by atoms with Gasteiger partial charge in [-0.05, 0) is 37.4 Å². The Hall–Kier alpha value is -1.32. The summed E-state index contributed by atoms with van der Waals surface area (Å²) in [5, 5.41) is 3.40. The molecule has 2 rings (SSSR count). The van der Waals surface area contributed by atoms with E-state index >= 15 is 0 Å². The SMILES string of the molecule is CCNC(c1cc(C)ccc1F)c1ccccc1SC. The molecule has 0 heterocycles. The molecule has 2 aromatic rings. The summed E-state index contributed by atoms with van der Waals surface area (Å²) in [5.74, 6) is -0.155. The molecule has 106 valence electrons. The van der Waals surface area contributed by atoms with Gasteiger partial charge < -0.3 is 5.32 Å². The number of halogens is 1. The standard InChI is InChI=1S/C17H20FNS/c1-4-19-17(13-7-5-6-8-16(13)20-3)14-11-12(2)9-10-15(14)18/h5-11,17,19H,4H2,1-3H3. The van der Waals surface area contributed by atoms with E-state index in [0.717, 1.165) is 17.7 Å². The second-order valence-corrected chi connectivity index (χ2v) is 5.61. The number of rotatable bonds is 5. The van der Waals surface area contributed by atoms with Crippen LogP contribution in [0.2, 0.25) is 0 Å². The van der Waals surface area contributed by atoms with E-state index in [2.05, 4.69) is 23.7 Å². The van der Waals surface area contributed by atoms with Crippen molar-refractivity contribution in [2.45, 2.75) is 24.8 Å². The van der Waals surface area contributed by atoms with Gasteiger partial charge in [-0.25, -0.2) is 4.39 Å². The first-order chi connectivity index (χ1) is 9.67. The molecule has 0 aromatic heterocycles. The summed E-state index contributed by atoms with van der Waals surface area (Å²) in [5.41, 5.74) is 2.92. The summed E-state index contributed by atoms with van der Waals surface area (Å²) in [6, 6.07) is 13.4. The number of hydrogen-bond acceptors (Lipinski definition) is 2. The van der Waals surface area contributed by atoms with E-state index in [9.17, 15) is 4.39 Å². The zero-order valence-electron chi connectivity index (χ0n) is 12.1. The van der Waals surface area contributed by atoms with Gasteiger partial charge in [-0.15, -0.1) is 11.8 Å². The molecule has 1 atom stereocenters. The lowest BCUT2D eigenvalue weighted by Gasteiger charge is -2.22. The van der Waals surface area contributed by atoms with E-state index in [-0.39, 0.29) is 11.9 Å². The Balaban J connectivity index is 2.53. The van der Waals surface area contributed by atoms with Crippen molar-refractivity contribution in [1.82, 2.24) is 5.32 Å². The van der Waals surface area contributed by atoms with E-state index in [1.54, 1.807) is 17.8 Å². The molecule has 1 unspecified atom stereocenters. The molecular weight excluding hydrogens is 269 g/mol. The Kier molecular flexibility index (Phi) is 5.21. The van der Waals surface area contributed by atoms with Crippen LogP contribution in [0.1, 0.15) is 29.7 Å². The largest absolute Gasteiger partial charge is 0.306 e. The number of benzene rings is 2. The van der Waals surface area contributed by atoms with Crippen LogP contribution in [0.5, 0.6) is 0 Å². The van der Waals surface area contributed by atoms with Gasteiger partial charge in [-0.1, -0.05) is 42.8 Å². The third kappa shape index (κ3) is 3.22. The average molecular weight is 289 g/mol. The molecule has 0 aliphatic carbocycles. The van der Waals surface area contributed by atoms with Gasteiger partial charge in [0.2, 0.25) is 0 Å². The van der Waals surface area contributed by atoms with Gasteiger partial charge in [-0.3, -0.25) is 0 Å². The molecule has 0 spiro atoms. The fourth-order valence-corrected chi connectivity index (χ4v) is 3.02. The van der Waals surface area contributed by atoms with E-state index in [1.807, 2.05) is 38.1 Å². The van der Waals surface area contributed by atoms with Crippen LogP contribution in [-0.4, -0.2) is 12.8 Å². The molecule has 1 N–H and O–H groups in total. The fourth-order valence-electron chi connectivity index (χ4n) is 2.38. The molecule has 0 amide bonds. The summed E-state index contributed by atoms with van der Waals surface area (Å²) in [6.07, 6.45) is 2.05. The minimum atomic E-state index is -0.155. The van der Waals surface area contributed by atoms with Crippen molar-refractivity contribution in [2.24, 2.45) is 0 Å². The van der Waals surface area contributed by atoms with E-state index in [4.69, 9.17) is 0 Å². The van der Waals surface area contributed by atoms with Crippen molar-refractivity contribution in [3.8, 4) is 0 Å². The number of hydrogen-bond donors (Lipinski definition) is 1. The first-order valence-electron chi connectivity index (χ1n) is 6.79. The van der Waals surface area contributed by atoms with Crippen molar-refractivity contribution >= 4 is 11.8 Å². The van der Waals surface area contributed by atoms with E-state index < -0.39 is 0 Å². The van der Waals surface area contributed by atoms with Crippen molar-refractivity contribution in [3.05, 3.63) is 65.0 Å². The molecule has 3 heteroatoms. The first kappa shape index (κ1) is 15.1. The van der Waals surface area contributed by atoms with Crippen LogP contribution in [0.15, 0.2) is 47.4 Å². The Bertz CT molecular complexity index is 583. The van der Waals surface area contributed by atoms with Gasteiger partial charge in [-0.2, -0.15) is 0 Å². The van der Waals surface area contributed by atoms with E-state index in [1.165, 1.54) is 4.90 Å². The highest BCUT2D eigenvalue weighted by atomic mass is 32.2. The number of thioether (sulfide) groups is 1. The highest BCUT2D eigenvalue weighted by Crippen LogP contribution is 2.31. The monoisotopic (exact) mass is 289 g/mol. The van der Waals surface area contributed by atoms with Crippen molar-refractivity contribution in [3.63, 3.8) is 0 Å². The Morgan fingerprint density at radius 3 is 2.60 bits per heavy atom. The molecule has 0 aliphatic heterocycles. The van der Waals surface area contributed by atoms with Crippen molar-refractivity contribution in [2.75, 3.05) is 12.8 Å². The number of aryl methyl sites for hydroxylation is 1. The van der Waals surface area contributed by atoms with Crippen LogP contribution in [-0.2, 0) is 0 Å². The Labute approximate surface area is 124 Å². The van der Waals surface area contributed by atoms with Gasteiger partial charge in [0.15, 0.2) is 0 Å². The molecule has 2 aromatic carbocycles. The van der Waals surface area contributed by atoms with Gasteiger partial charge in [0.25, 0.3) is 0 Å². The summed E-state index contributed by atoms with van der Waals surface area (Å²) < 4.78 is 14.2. The molecule has 0 fully saturated rings.